The Bertz CT molecular complexity index is 818. The number of carbonyl (C=O) groups excluding carboxylic acids is 3. The summed E-state index contributed by atoms with van der Waals surface area (Å²) in [5.74, 6) is -0.821. The van der Waals surface area contributed by atoms with Crippen LogP contribution in [0.15, 0.2) is 24.3 Å². The van der Waals surface area contributed by atoms with Gasteiger partial charge in [0, 0.05) is 11.6 Å². The highest BCUT2D eigenvalue weighted by Crippen LogP contribution is 2.57. The van der Waals surface area contributed by atoms with Crippen LogP contribution in [0.5, 0.6) is 0 Å². The third-order valence-corrected chi connectivity index (χ3v) is 7.41. The first-order valence-corrected chi connectivity index (χ1v) is 12.4. The van der Waals surface area contributed by atoms with Gasteiger partial charge in [0.05, 0.1) is 24.0 Å². The van der Waals surface area contributed by atoms with Crippen LogP contribution in [0.25, 0.3) is 0 Å². The Morgan fingerprint density at radius 3 is 2.41 bits per heavy atom. The van der Waals surface area contributed by atoms with Gasteiger partial charge in [-0.15, -0.1) is 0 Å². The molecule has 1 aromatic rings. The van der Waals surface area contributed by atoms with Gasteiger partial charge in [-0.25, -0.2) is 4.79 Å². The zero-order chi connectivity index (χ0) is 22.5. The number of carbonyl (C=O) groups is 3. The van der Waals surface area contributed by atoms with E-state index in [4.69, 9.17) is 9.47 Å². The van der Waals surface area contributed by atoms with E-state index in [1.54, 1.807) is 24.3 Å². The molecule has 6 nitrogen and oxygen atoms in total. The maximum Gasteiger partial charge on any atom is 0.338 e. The SMILES string of the molecule is CCCCCCCCCCOC(=O)c1ccc(NC(=O)[C@@H]2[C@@H]3C[C@@H]4[C@@H]2C(=O)O[C@H]4C3)cc1. The summed E-state index contributed by atoms with van der Waals surface area (Å²) in [7, 11) is 0. The number of ether oxygens (including phenoxy) is 2. The number of nitrogens with one attached hydrogen (secondary N) is 1. The van der Waals surface area contributed by atoms with Crippen molar-refractivity contribution in [2.45, 2.75) is 77.2 Å². The summed E-state index contributed by atoms with van der Waals surface area (Å²) in [6.07, 6.45) is 11.4. The second-order valence-corrected chi connectivity index (χ2v) is 9.60. The van der Waals surface area contributed by atoms with E-state index in [9.17, 15) is 14.4 Å². The third-order valence-electron chi connectivity index (χ3n) is 7.41. The van der Waals surface area contributed by atoms with E-state index >= 15 is 0 Å². The summed E-state index contributed by atoms with van der Waals surface area (Å²) in [5.41, 5.74) is 1.10. The fraction of sp³-hybridized carbons (Fsp3) is 0.654. The number of rotatable bonds is 12. The highest BCUT2D eigenvalue weighted by atomic mass is 16.6. The maximum atomic E-state index is 12.8. The van der Waals surface area contributed by atoms with Crippen molar-refractivity contribution in [3.05, 3.63) is 29.8 Å². The number of benzene rings is 1. The van der Waals surface area contributed by atoms with Crippen LogP contribution in [-0.4, -0.2) is 30.6 Å². The molecule has 0 radical (unpaired) electrons. The van der Waals surface area contributed by atoms with Crippen molar-refractivity contribution >= 4 is 23.5 Å². The van der Waals surface area contributed by atoms with Crippen LogP contribution >= 0.6 is 0 Å². The molecular formula is C26H35NO5. The Morgan fingerprint density at radius 2 is 1.69 bits per heavy atom. The summed E-state index contributed by atoms with van der Waals surface area (Å²) >= 11 is 0. The lowest BCUT2D eigenvalue weighted by Gasteiger charge is -2.23. The summed E-state index contributed by atoms with van der Waals surface area (Å²) < 4.78 is 10.8. The molecule has 1 aromatic carbocycles. The van der Waals surface area contributed by atoms with E-state index in [0.717, 1.165) is 25.7 Å². The lowest BCUT2D eigenvalue weighted by molar-refractivity contribution is -0.145. The van der Waals surface area contributed by atoms with Crippen LogP contribution in [-0.2, 0) is 19.1 Å². The van der Waals surface area contributed by atoms with E-state index in [0.29, 0.717) is 17.9 Å². The minimum absolute atomic E-state index is 0.0256. The fourth-order valence-electron chi connectivity index (χ4n) is 5.76. The minimum Gasteiger partial charge on any atom is -0.462 e. The Morgan fingerprint density at radius 1 is 1.00 bits per heavy atom. The standard InChI is InChI=1S/C26H35NO5/c1-2-3-4-5-6-7-8-9-14-31-25(29)17-10-12-19(13-11-17)27-24(28)22-18-15-20-21(16-18)32-26(30)23(20)22/h10-13,18,20-23H,2-9,14-16H2,1H3,(H,27,28)/t18-,20+,21+,22-,23+/m1/s1. The first-order chi connectivity index (χ1) is 15.6. The quantitative estimate of drug-likeness (QED) is 0.360. The van der Waals surface area contributed by atoms with Gasteiger partial charge in [0.15, 0.2) is 0 Å². The van der Waals surface area contributed by atoms with Crippen molar-refractivity contribution in [2.24, 2.45) is 23.7 Å². The van der Waals surface area contributed by atoms with Crippen LogP contribution in [0.2, 0.25) is 0 Å². The number of anilines is 1. The maximum absolute atomic E-state index is 12.8. The smallest absolute Gasteiger partial charge is 0.338 e. The number of unbranched alkanes of at least 4 members (excludes halogenated alkanes) is 7. The number of amides is 1. The molecule has 2 aliphatic carbocycles. The average Bonchev–Trinajstić information content (AvgIpc) is 3.41. The Kier molecular flexibility index (Phi) is 7.48. The number of hydrogen-bond acceptors (Lipinski definition) is 5. The molecule has 3 aliphatic rings. The molecule has 1 amide bonds. The number of hydrogen-bond donors (Lipinski definition) is 1. The highest BCUT2D eigenvalue weighted by Gasteiger charge is 2.63. The van der Waals surface area contributed by atoms with Gasteiger partial charge in [-0.05, 0) is 49.4 Å². The second kappa shape index (κ2) is 10.5. The van der Waals surface area contributed by atoms with Crippen molar-refractivity contribution in [2.75, 3.05) is 11.9 Å². The van der Waals surface area contributed by atoms with Gasteiger partial charge in [-0.2, -0.15) is 0 Å². The molecule has 0 unspecified atom stereocenters. The Hall–Kier alpha value is -2.37. The van der Waals surface area contributed by atoms with E-state index in [1.807, 2.05) is 0 Å². The van der Waals surface area contributed by atoms with Gasteiger partial charge in [0.25, 0.3) is 0 Å². The van der Waals surface area contributed by atoms with Crippen LogP contribution < -0.4 is 5.32 Å². The summed E-state index contributed by atoms with van der Waals surface area (Å²) in [4.78, 5) is 37.2. The van der Waals surface area contributed by atoms with Crippen LogP contribution in [0.4, 0.5) is 5.69 Å². The van der Waals surface area contributed by atoms with Crippen molar-refractivity contribution < 1.29 is 23.9 Å². The molecule has 5 atom stereocenters. The monoisotopic (exact) mass is 441 g/mol. The molecule has 1 heterocycles. The lowest BCUT2D eigenvalue weighted by atomic mass is 9.79. The summed E-state index contributed by atoms with van der Waals surface area (Å²) in [6.45, 7) is 2.66. The zero-order valence-electron chi connectivity index (χ0n) is 19.0. The third kappa shape index (κ3) is 5.00. The number of fused-ring (bicyclic) bond motifs is 1. The Balaban J connectivity index is 1.17. The van der Waals surface area contributed by atoms with Crippen molar-refractivity contribution in [1.29, 1.82) is 0 Å². The predicted molar refractivity (Wildman–Crippen MR) is 121 cm³/mol. The van der Waals surface area contributed by atoms with E-state index in [-0.39, 0.29) is 47.6 Å². The molecule has 6 heteroatoms. The van der Waals surface area contributed by atoms with E-state index in [1.165, 1.54) is 38.5 Å². The summed E-state index contributed by atoms with van der Waals surface area (Å²) in [6, 6.07) is 6.78. The first-order valence-electron chi connectivity index (χ1n) is 12.4. The molecule has 2 bridgehead atoms. The van der Waals surface area contributed by atoms with Crippen LogP contribution in [0, 0.1) is 23.7 Å². The normalized spacial score (nSPS) is 27.4. The van der Waals surface area contributed by atoms with Gasteiger partial charge < -0.3 is 14.8 Å². The molecule has 4 rings (SSSR count). The molecule has 0 spiro atoms. The van der Waals surface area contributed by atoms with Crippen molar-refractivity contribution in [1.82, 2.24) is 0 Å². The van der Waals surface area contributed by atoms with Gasteiger partial charge in [0.1, 0.15) is 6.10 Å². The van der Waals surface area contributed by atoms with E-state index in [2.05, 4.69) is 12.2 Å². The molecule has 0 aromatic heterocycles. The topological polar surface area (TPSA) is 81.7 Å². The number of esters is 2. The minimum atomic E-state index is -0.335. The van der Waals surface area contributed by atoms with E-state index < -0.39 is 0 Å². The summed E-state index contributed by atoms with van der Waals surface area (Å²) in [5, 5.41) is 2.92. The zero-order valence-corrected chi connectivity index (χ0v) is 19.0. The van der Waals surface area contributed by atoms with Gasteiger partial charge in [0.2, 0.25) is 5.91 Å². The van der Waals surface area contributed by atoms with Crippen LogP contribution in [0.1, 0.15) is 81.5 Å². The fourth-order valence-corrected chi connectivity index (χ4v) is 5.76. The van der Waals surface area contributed by atoms with Gasteiger partial charge in [-0.3, -0.25) is 9.59 Å². The van der Waals surface area contributed by atoms with Gasteiger partial charge >= 0.3 is 11.9 Å². The molecule has 3 fully saturated rings. The molecule has 1 saturated heterocycles. The first kappa shape index (κ1) is 22.8. The largest absolute Gasteiger partial charge is 0.462 e. The molecule has 32 heavy (non-hydrogen) atoms. The molecule has 1 N–H and O–H groups in total. The van der Waals surface area contributed by atoms with Crippen molar-refractivity contribution in [3.63, 3.8) is 0 Å². The molecule has 2 saturated carbocycles. The molecular weight excluding hydrogens is 406 g/mol. The Labute approximate surface area is 190 Å². The molecule has 174 valence electrons. The average molecular weight is 442 g/mol. The lowest BCUT2D eigenvalue weighted by Crippen LogP contribution is -2.35. The molecule has 1 aliphatic heterocycles. The second-order valence-electron chi connectivity index (χ2n) is 9.60. The van der Waals surface area contributed by atoms with Gasteiger partial charge in [-0.1, -0.05) is 51.9 Å². The van der Waals surface area contributed by atoms with Crippen molar-refractivity contribution in [3.8, 4) is 0 Å². The highest BCUT2D eigenvalue weighted by molar-refractivity contribution is 5.97. The predicted octanol–water partition coefficient (Wildman–Crippen LogP) is 5.12. The van der Waals surface area contributed by atoms with Crippen LogP contribution in [0.3, 0.4) is 0 Å².